The second-order valence-electron chi connectivity index (χ2n) is 4.83. The Labute approximate surface area is 84.5 Å². The van der Waals surface area contributed by atoms with Crippen molar-refractivity contribution in [1.82, 2.24) is 15.1 Å². The number of aromatic nitrogens is 2. The normalized spacial score (nSPS) is 29.4. The molecule has 1 unspecified atom stereocenters. The third-order valence-electron chi connectivity index (χ3n) is 3.93. The average molecular weight is 191 g/mol. The maximum Gasteiger partial charge on any atom is 0.0537 e. The molecule has 76 valence electrons. The number of nitrogens with zero attached hydrogens (tertiary/aromatic N) is 2. The molecule has 0 radical (unpaired) electrons. The summed E-state index contributed by atoms with van der Waals surface area (Å²) >= 11 is 0. The lowest BCUT2D eigenvalue weighted by atomic mass is 9.70. The lowest BCUT2D eigenvalue weighted by Crippen LogP contribution is -2.54. The van der Waals surface area contributed by atoms with E-state index in [4.69, 9.17) is 0 Å². The van der Waals surface area contributed by atoms with Crippen LogP contribution >= 0.6 is 0 Å². The van der Waals surface area contributed by atoms with E-state index in [9.17, 15) is 0 Å². The molecule has 0 amide bonds. The SMILES string of the molecule is Cn1cc(C2NCC23CCCC3)cn1. The minimum atomic E-state index is 0.582. The van der Waals surface area contributed by atoms with E-state index in [-0.39, 0.29) is 0 Å². The molecule has 0 bridgehead atoms. The average Bonchev–Trinajstić information content (AvgIpc) is 2.73. The van der Waals surface area contributed by atoms with Crippen molar-refractivity contribution in [3.05, 3.63) is 18.0 Å². The van der Waals surface area contributed by atoms with Gasteiger partial charge >= 0.3 is 0 Å². The van der Waals surface area contributed by atoms with Crippen molar-refractivity contribution in [3.8, 4) is 0 Å². The van der Waals surface area contributed by atoms with Crippen LogP contribution in [0.4, 0.5) is 0 Å². The highest BCUT2D eigenvalue weighted by Crippen LogP contribution is 2.52. The predicted octanol–water partition coefficient (Wildman–Crippen LogP) is 1.62. The van der Waals surface area contributed by atoms with Crippen LogP contribution in [-0.2, 0) is 7.05 Å². The fraction of sp³-hybridized carbons (Fsp3) is 0.727. The molecule has 3 heteroatoms. The van der Waals surface area contributed by atoms with Crippen molar-refractivity contribution in [1.29, 1.82) is 0 Å². The molecule has 2 heterocycles. The van der Waals surface area contributed by atoms with Crippen molar-refractivity contribution in [3.63, 3.8) is 0 Å². The van der Waals surface area contributed by atoms with Crippen LogP contribution < -0.4 is 5.32 Å². The van der Waals surface area contributed by atoms with Crippen LogP contribution in [0.15, 0.2) is 12.4 Å². The molecule has 1 aromatic rings. The van der Waals surface area contributed by atoms with Gasteiger partial charge in [0.2, 0.25) is 0 Å². The Bertz CT molecular complexity index is 336. The molecule has 2 aliphatic rings. The van der Waals surface area contributed by atoms with E-state index in [2.05, 4.69) is 16.6 Å². The van der Waals surface area contributed by atoms with Gasteiger partial charge in [-0.05, 0) is 12.8 Å². The summed E-state index contributed by atoms with van der Waals surface area (Å²) in [5.74, 6) is 0. The Morgan fingerprint density at radius 3 is 2.79 bits per heavy atom. The van der Waals surface area contributed by atoms with Crippen LogP contribution in [0.25, 0.3) is 0 Å². The Balaban J connectivity index is 1.86. The van der Waals surface area contributed by atoms with E-state index in [1.165, 1.54) is 37.8 Å². The van der Waals surface area contributed by atoms with Crippen LogP contribution in [0.5, 0.6) is 0 Å². The van der Waals surface area contributed by atoms with E-state index >= 15 is 0 Å². The molecular weight excluding hydrogens is 174 g/mol. The summed E-state index contributed by atoms with van der Waals surface area (Å²) in [5.41, 5.74) is 1.96. The van der Waals surface area contributed by atoms with E-state index in [0.717, 1.165) is 0 Å². The van der Waals surface area contributed by atoms with Crippen LogP contribution in [0.2, 0.25) is 0 Å². The standard InChI is InChI=1S/C11H17N3/c1-14-7-9(6-13-14)10-11(8-12-10)4-2-3-5-11/h6-7,10,12H,2-5,8H2,1H3. The molecule has 3 nitrogen and oxygen atoms in total. The summed E-state index contributed by atoms with van der Waals surface area (Å²) in [7, 11) is 1.99. The van der Waals surface area contributed by atoms with Crippen LogP contribution in [0.1, 0.15) is 37.3 Å². The molecule has 0 aromatic carbocycles. The Kier molecular flexibility index (Phi) is 1.71. The highest BCUT2D eigenvalue weighted by Gasteiger charge is 2.48. The summed E-state index contributed by atoms with van der Waals surface area (Å²) in [6.07, 6.45) is 9.80. The summed E-state index contributed by atoms with van der Waals surface area (Å²) in [5, 5.41) is 7.81. The maximum atomic E-state index is 4.25. The van der Waals surface area contributed by atoms with Gasteiger partial charge in [-0.3, -0.25) is 4.68 Å². The number of hydrogen-bond donors (Lipinski definition) is 1. The van der Waals surface area contributed by atoms with Gasteiger partial charge in [-0.15, -0.1) is 0 Å². The summed E-state index contributed by atoms with van der Waals surface area (Å²) in [4.78, 5) is 0. The maximum absolute atomic E-state index is 4.25. The Morgan fingerprint density at radius 2 is 2.29 bits per heavy atom. The molecule has 1 aromatic heterocycles. The second kappa shape index (κ2) is 2.83. The molecule has 3 rings (SSSR count). The zero-order valence-electron chi connectivity index (χ0n) is 8.66. The molecule has 1 aliphatic heterocycles. The van der Waals surface area contributed by atoms with Crippen molar-refractivity contribution >= 4 is 0 Å². The summed E-state index contributed by atoms with van der Waals surface area (Å²) < 4.78 is 1.90. The molecule has 1 spiro atoms. The first-order valence-corrected chi connectivity index (χ1v) is 5.52. The molecule has 1 N–H and O–H groups in total. The second-order valence-corrected chi connectivity index (χ2v) is 4.83. The van der Waals surface area contributed by atoms with Crippen molar-refractivity contribution in [2.75, 3.05) is 6.54 Å². The minimum absolute atomic E-state index is 0.582. The zero-order chi connectivity index (χ0) is 9.60. The first-order valence-electron chi connectivity index (χ1n) is 5.52. The highest BCUT2D eigenvalue weighted by molar-refractivity contribution is 5.21. The third kappa shape index (κ3) is 1.05. The van der Waals surface area contributed by atoms with Crippen LogP contribution in [-0.4, -0.2) is 16.3 Å². The fourth-order valence-corrected chi connectivity index (χ4v) is 3.10. The number of rotatable bonds is 1. The number of nitrogens with one attached hydrogen (secondary N) is 1. The van der Waals surface area contributed by atoms with E-state index < -0.39 is 0 Å². The first kappa shape index (κ1) is 8.48. The monoisotopic (exact) mass is 191 g/mol. The molecular formula is C11H17N3. The molecule has 1 aliphatic carbocycles. The topological polar surface area (TPSA) is 29.9 Å². The molecule has 1 saturated carbocycles. The van der Waals surface area contributed by atoms with Gasteiger partial charge in [-0.1, -0.05) is 12.8 Å². The molecule has 1 atom stereocenters. The van der Waals surface area contributed by atoms with Crippen molar-refractivity contribution in [2.24, 2.45) is 12.5 Å². The predicted molar refractivity (Wildman–Crippen MR) is 54.9 cm³/mol. The van der Waals surface area contributed by atoms with Crippen molar-refractivity contribution in [2.45, 2.75) is 31.7 Å². The van der Waals surface area contributed by atoms with Gasteiger partial charge in [0, 0.05) is 36.8 Å². The number of aryl methyl sites for hydroxylation is 1. The molecule has 14 heavy (non-hydrogen) atoms. The Morgan fingerprint density at radius 1 is 1.50 bits per heavy atom. The lowest BCUT2D eigenvalue weighted by molar-refractivity contribution is 0.0894. The smallest absolute Gasteiger partial charge is 0.0537 e. The van der Waals surface area contributed by atoms with E-state index in [1.54, 1.807) is 0 Å². The fourth-order valence-electron chi connectivity index (χ4n) is 3.10. The lowest BCUT2D eigenvalue weighted by Gasteiger charge is -2.48. The number of hydrogen-bond acceptors (Lipinski definition) is 2. The van der Waals surface area contributed by atoms with Gasteiger partial charge in [0.15, 0.2) is 0 Å². The Hall–Kier alpha value is -0.830. The molecule has 1 saturated heterocycles. The van der Waals surface area contributed by atoms with Crippen LogP contribution in [0, 0.1) is 5.41 Å². The van der Waals surface area contributed by atoms with E-state index in [1.807, 2.05) is 17.9 Å². The minimum Gasteiger partial charge on any atom is -0.309 e. The zero-order valence-corrected chi connectivity index (χ0v) is 8.66. The molecule has 2 fully saturated rings. The largest absolute Gasteiger partial charge is 0.309 e. The van der Waals surface area contributed by atoms with Gasteiger partial charge < -0.3 is 5.32 Å². The highest BCUT2D eigenvalue weighted by atomic mass is 15.2. The third-order valence-corrected chi connectivity index (χ3v) is 3.93. The van der Waals surface area contributed by atoms with Crippen molar-refractivity contribution < 1.29 is 0 Å². The van der Waals surface area contributed by atoms with Gasteiger partial charge in [-0.2, -0.15) is 5.10 Å². The van der Waals surface area contributed by atoms with Gasteiger partial charge in [-0.25, -0.2) is 0 Å². The van der Waals surface area contributed by atoms with E-state index in [0.29, 0.717) is 11.5 Å². The van der Waals surface area contributed by atoms with Gasteiger partial charge in [0.25, 0.3) is 0 Å². The summed E-state index contributed by atoms with van der Waals surface area (Å²) in [6.45, 7) is 1.21. The van der Waals surface area contributed by atoms with Gasteiger partial charge in [0.1, 0.15) is 0 Å². The quantitative estimate of drug-likeness (QED) is 0.731. The van der Waals surface area contributed by atoms with Gasteiger partial charge in [0.05, 0.1) is 6.20 Å². The van der Waals surface area contributed by atoms with Crippen LogP contribution in [0.3, 0.4) is 0 Å². The first-order chi connectivity index (χ1) is 6.80. The summed E-state index contributed by atoms with van der Waals surface area (Å²) in [6, 6.07) is 0.582.